The van der Waals surface area contributed by atoms with Crippen LogP contribution in [0.3, 0.4) is 0 Å². The zero-order chi connectivity index (χ0) is 8.67. The minimum atomic E-state index is 1.04. The summed E-state index contributed by atoms with van der Waals surface area (Å²) in [5.41, 5.74) is 0. The molecule has 3 heterocycles. The van der Waals surface area contributed by atoms with Crippen LogP contribution in [-0.2, 0) is 0 Å². The van der Waals surface area contributed by atoms with E-state index < -0.39 is 0 Å². The van der Waals surface area contributed by atoms with E-state index in [1.165, 1.54) is 37.2 Å². The van der Waals surface area contributed by atoms with E-state index in [1.54, 1.807) is 0 Å². The Bertz CT molecular complexity index is 167. The van der Waals surface area contributed by atoms with Crippen LogP contribution in [0.1, 0.15) is 25.7 Å². The van der Waals surface area contributed by atoms with Crippen LogP contribution in [0.5, 0.6) is 0 Å². The van der Waals surface area contributed by atoms with Gasteiger partial charge in [0.25, 0.3) is 0 Å². The maximum atomic E-state index is 2.32. The van der Waals surface area contributed by atoms with E-state index in [-0.39, 0.29) is 0 Å². The van der Waals surface area contributed by atoms with Gasteiger partial charge in [-0.05, 0) is 25.7 Å². The third-order valence-corrected chi connectivity index (χ3v) is 6.67. The van der Waals surface area contributed by atoms with Gasteiger partial charge in [-0.1, -0.05) is 0 Å². The molecule has 3 aliphatic heterocycles. The summed E-state index contributed by atoms with van der Waals surface area (Å²) in [5, 5.41) is 4.20. The zero-order valence-electron chi connectivity index (χ0n) is 7.78. The molecule has 0 aliphatic carbocycles. The van der Waals surface area contributed by atoms with Crippen molar-refractivity contribution in [3.63, 3.8) is 0 Å². The van der Waals surface area contributed by atoms with Crippen molar-refractivity contribution in [1.29, 1.82) is 0 Å². The van der Waals surface area contributed by atoms with E-state index in [0.29, 0.717) is 0 Å². The van der Waals surface area contributed by atoms with Gasteiger partial charge in [0.1, 0.15) is 0 Å². The third-order valence-electron chi connectivity index (χ3n) is 3.05. The van der Waals surface area contributed by atoms with Gasteiger partial charge in [-0.3, -0.25) is 0 Å². The molecule has 0 amide bonds. The maximum Gasteiger partial charge on any atom is 0.0149 e. The molecule has 13 heavy (non-hydrogen) atoms. The van der Waals surface area contributed by atoms with Gasteiger partial charge in [-0.15, -0.1) is 0 Å². The summed E-state index contributed by atoms with van der Waals surface area (Å²) in [6.45, 7) is 0. The Hall–Kier alpha value is 1.05. The average Bonchev–Trinajstić information content (AvgIpc) is 2.96. The Morgan fingerprint density at radius 3 is 1.62 bits per heavy atom. The largest absolute Gasteiger partial charge is 0.157 e. The summed E-state index contributed by atoms with van der Waals surface area (Å²) in [6, 6.07) is 0. The first-order valence-corrected chi connectivity index (χ1v) is 8.33. The molecule has 0 N–H and O–H groups in total. The molecule has 4 unspecified atom stereocenters. The fourth-order valence-electron chi connectivity index (χ4n) is 2.12. The van der Waals surface area contributed by atoms with E-state index in [2.05, 4.69) is 35.3 Å². The molecule has 3 rings (SSSR count). The molecule has 0 radical (unpaired) electrons. The van der Waals surface area contributed by atoms with Gasteiger partial charge in [-0.2, -0.15) is 35.3 Å². The predicted octanol–water partition coefficient (Wildman–Crippen LogP) is 3.26. The van der Waals surface area contributed by atoms with Crippen molar-refractivity contribution in [3.05, 3.63) is 0 Å². The third kappa shape index (κ3) is 2.75. The Kier molecular flexibility index (Phi) is 2.78. The van der Waals surface area contributed by atoms with Crippen molar-refractivity contribution in [2.75, 3.05) is 11.5 Å². The van der Waals surface area contributed by atoms with E-state index in [4.69, 9.17) is 0 Å². The molecule has 3 heteroatoms. The van der Waals surface area contributed by atoms with E-state index >= 15 is 0 Å². The van der Waals surface area contributed by atoms with E-state index in [9.17, 15) is 0 Å². The maximum absolute atomic E-state index is 2.32. The molecule has 3 fully saturated rings. The lowest BCUT2D eigenvalue weighted by molar-refractivity contribution is 0.675. The van der Waals surface area contributed by atoms with Gasteiger partial charge in [0, 0.05) is 32.5 Å². The minimum Gasteiger partial charge on any atom is -0.157 e. The second-order valence-electron chi connectivity index (χ2n) is 4.34. The lowest BCUT2D eigenvalue weighted by Crippen LogP contribution is -2.02. The summed E-state index contributed by atoms with van der Waals surface area (Å²) in [5.74, 6) is 2.92. The molecule has 0 nitrogen and oxygen atoms in total. The molecule has 0 bridgehead atoms. The first kappa shape index (κ1) is 9.29. The molecule has 0 aromatic heterocycles. The Morgan fingerprint density at radius 1 is 0.769 bits per heavy atom. The molecule has 0 saturated carbocycles. The van der Waals surface area contributed by atoms with Crippen molar-refractivity contribution in [1.82, 2.24) is 0 Å². The normalized spacial score (nSPS) is 48.0. The van der Waals surface area contributed by atoms with Crippen LogP contribution in [0.15, 0.2) is 0 Å². The van der Waals surface area contributed by atoms with Gasteiger partial charge < -0.3 is 0 Å². The predicted molar refractivity (Wildman–Crippen MR) is 66.1 cm³/mol. The van der Waals surface area contributed by atoms with Crippen molar-refractivity contribution < 1.29 is 0 Å². The standard InChI is InChI=1S/C10H16S3/c1-2-8(4-10-6-12-10)13-7(1)3-9-5-11-9/h7-10H,1-6H2. The van der Waals surface area contributed by atoms with Crippen molar-refractivity contribution >= 4 is 35.3 Å². The second kappa shape index (κ2) is 3.90. The second-order valence-corrected chi connectivity index (χ2v) is 8.61. The van der Waals surface area contributed by atoms with E-state index in [1.807, 2.05) is 0 Å². The highest BCUT2D eigenvalue weighted by atomic mass is 32.2. The van der Waals surface area contributed by atoms with Crippen molar-refractivity contribution in [3.8, 4) is 0 Å². The molecule has 74 valence electrons. The van der Waals surface area contributed by atoms with Crippen LogP contribution in [0.25, 0.3) is 0 Å². The van der Waals surface area contributed by atoms with Crippen LogP contribution >= 0.6 is 35.3 Å². The number of thioether (sulfide) groups is 3. The van der Waals surface area contributed by atoms with Gasteiger partial charge in [0.05, 0.1) is 0 Å². The number of hydrogen-bond donors (Lipinski definition) is 0. The van der Waals surface area contributed by atoms with Crippen molar-refractivity contribution in [2.24, 2.45) is 0 Å². The fourth-order valence-corrected chi connectivity index (χ4v) is 5.42. The smallest absolute Gasteiger partial charge is 0.0149 e. The van der Waals surface area contributed by atoms with Gasteiger partial charge in [0.15, 0.2) is 0 Å². The van der Waals surface area contributed by atoms with Crippen LogP contribution in [-0.4, -0.2) is 32.5 Å². The van der Waals surface area contributed by atoms with Gasteiger partial charge in [-0.25, -0.2) is 0 Å². The van der Waals surface area contributed by atoms with Crippen LogP contribution < -0.4 is 0 Å². The number of rotatable bonds is 4. The molecule has 3 aliphatic rings. The highest BCUT2D eigenvalue weighted by molar-refractivity contribution is 8.07. The lowest BCUT2D eigenvalue weighted by atomic mass is 10.1. The van der Waals surface area contributed by atoms with Gasteiger partial charge >= 0.3 is 0 Å². The molecule has 4 atom stereocenters. The summed E-state index contributed by atoms with van der Waals surface area (Å²) >= 11 is 6.65. The van der Waals surface area contributed by atoms with Crippen LogP contribution in [0.2, 0.25) is 0 Å². The Balaban J connectivity index is 1.41. The topological polar surface area (TPSA) is 0 Å². The molecular formula is C10H16S3. The average molecular weight is 232 g/mol. The quantitative estimate of drug-likeness (QED) is 0.683. The summed E-state index contributed by atoms with van der Waals surface area (Å²) in [6.07, 6.45) is 6.07. The summed E-state index contributed by atoms with van der Waals surface area (Å²) < 4.78 is 0. The Labute approximate surface area is 93.4 Å². The van der Waals surface area contributed by atoms with E-state index in [0.717, 1.165) is 21.0 Å². The highest BCUT2D eigenvalue weighted by Crippen LogP contribution is 2.46. The lowest BCUT2D eigenvalue weighted by Gasteiger charge is -2.09. The fraction of sp³-hybridized carbons (Fsp3) is 1.00. The number of hydrogen-bond acceptors (Lipinski definition) is 3. The molecule has 3 saturated heterocycles. The first-order valence-electron chi connectivity index (χ1n) is 5.29. The molecule has 0 aromatic rings. The molecule has 0 aromatic carbocycles. The monoisotopic (exact) mass is 232 g/mol. The summed E-state index contributed by atoms with van der Waals surface area (Å²) in [7, 11) is 0. The van der Waals surface area contributed by atoms with Crippen molar-refractivity contribution in [2.45, 2.75) is 46.7 Å². The van der Waals surface area contributed by atoms with Gasteiger partial charge in [0.2, 0.25) is 0 Å². The zero-order valence-corrected chi connectivity index (χ0v) is 10.2. The highest BCUT2D eigenvalue weighted by Gasteiger charge is 2.34. The summed E-state index contributed by atoms with van der Waals surface area (Å²) in [4.78, 5) is 0. The van der Waals surface area contributed by atoms with Crippen LogP contribution in [0, 0.1) is 0 Å². The SMILES string of the molecule is C1SC1CC1CCC(CC2CS2)S1. The molecule has 0 spiro atoms. The Morgan fingerprint density at radius 2 is 1.23 bits per heavy atom. The van der Waals surface area contributed by atoms with Crippen LogP contribution in [0.4, 0.5) is 0 Å². The first-order chi connectivity index (χ1) is 6.40. The molecular weight excluding hydrogens is 216 g/mol. The minimum absolute atomic E-state index is 1.04.